The van der Waals surface area contributed by atoms with Crippen molar-refractivity contribution in [3.63, 3.8) is 0 Å². The van der Waals surface area contributed by atoms with Gasteiger partial charge in [0.05, 0.1) is 39.8 Å². The Bertz CT molecular complexity index is 1090. The number of aromatic nitrogens is 4. The van der Waals surface area contributed by atoms with Crippen LogP contribution in [0.5, 0.6) is 0 Å². The molecule has 3 aromatic heterocycles. The summed E-state index contributed by atoms with van der Waals surface area (Å²) in [6, 6.07) is 3.28. The first-order valence-electron chi connectivity index (χ1n) is 7.94. The summed E-state index contributed by atoms with van der Waals surface area (Å²) in [5, 5.41) is 4.17. The van der Waals surface area contributed by atoms with E-state index < -0.39 is 11.8 Å². The van der Waals surface area contributed by atoms with Gasteiger partial charge in [-0.15, -0.1) is 0 Å². The second-order valence-electron chi connectivity index (χ2n) is 6.02. The van der Waals surface area contributed by atoms with Crippen LogP contribution < -0.4 is 5.73 Å². The first-order chi connectivity index (χ1) is 12.9. The molecule has 0 aromatic carbocycles. The van der Waals surface area contributed by atoms with Crippen LogP contribution in [0.1, 0.15) is 37.9 Å². The standard InChI is InChI=1S/C17H13ClN6O3/c1-7-11-12(13(19)14(21-7)15-22-8(2)23-27-15)17(26)24(16(11)25)6-10-4-3-9(18)5-20-10/h3-5H,6,19H2,1-2H3. The molecule has 27 heavy (non-hydrogen) atoms. The summed E-state index contributed by atoms with van der Waals surface area (Å²) in [5.74, 6) is -0.500. The van der Waals surface area contributed by atoms with Gasteiger partial charge in [0, 0.05) is 6.20 Å². The van der Waals surface area contributed by atoms with Gasteiger partial charge in [-0.1, -0.05) is 16.8 Å². The monoisotopic (exact) mass is 384 g/mol. The molecule has 10 heteroatoms. The van der Waals surface area contributed by atoms with Crippen molar-refractivity contribution in [2.24, 2.45) is 0 Å². The fraction of sp³-hybridized carbons (Fsp3) is 0.176. The topological polar surface area (TPSA) is 128 Å². The number of halogens is 1. The van der Waals surface area contributed by atoms with E-state index in [4.69, 9.17) is 21.9 Å². The maximum Gasteiger partial charge on any atom is 0.278 e. The van der Waals surface area contributed by atoms with Gasteiger partial charge in [0.25, 0.3) is 17.7 Å². The van der Waals surface area contributed by atoms with Gasteiger partial charge in [0.15, 0.2) is 11.5 Å². The van der Waals surface area contributed by atoms with Gasteiger partial charge in [-0.25, -0.2) is 4.98 Å². The summed E-state index contributed by atoms with van der Waals surface area (Å²) in [6.07, 6.45) is 1.45. The number of imide groups is 1. The number of rotatable bonds is 3. The van der Waals surface area contributed by atoms with E-state index in [0.29, 0.717) is 22.2 Å². The summed E-state index contributed by atoms with van der Waals surface area (Å²) in [6.45, 7) is 3.27. The zero-order valence-electron chi connectivity index (χ0n) is 14.4. The van der Waals surface area contributed by atoms with E-state index in [-0.39, 0.29) is 34.9 Å². The van der Waals surface area contributed by atoms with Gasteiger partial charge in [-0.05, 0) is 26.0 Å². The third kappa shape index (κ3) is 2.72. The zero-order chi connectivity index (χ0) is 19.3. The largest absolute Gasteiger partial charge is 0.396 e. The molecule has 2 amide bonds. The molecule has 0 unspecified atom stereocenters. The third-order valence-electron chi connectivity index (χ3n) is 4.17. The molecule has 136 valence electrons. The van der Waals surface area contributed by atoms with Gasteiger partial charge in [-0.3, -0.25) is 19.5 Å². The highest BCUT2D eigenvalue weighted by Crippen LogP contribution is 2.35. The second-order valence-corrected chi connectivity index (χ2v) is 6.46. The molecule has 1 aliphatic rings. The average Bonchev–Trinajstić information content (AvgIpc) is 3.17. The van der Waals surface area contributed by atoms with Crippen LogP contribution in [-0.2, 0) is 6.54 Å². The predicted molar refractivity (Wildman–Crippen MR) is 94.9 cm³/mol. The Morgan fingerprint density at radius 2 is 1.89 bits per heavy atom. The van der Waals surface area contributed by atoms with E-state index in [9.17, 15) is 9.59 Å². The lowest BCUT2D eigenvalue weighted by Gasteiger charge is -2.13. The normalized spacial score (nSPS) is 13.4. The number of anilines is 1. The molecule has 0 bridgehead atoms. The lowest BCUT2D eigenvalue weighted by Crippen LogP contribution is -2.29. The molecule has 0 atom stereocenters. The molecular weight excluding hydrogens is 372 g/mol. The Hall–Kier alpha value is -3.33. The maximum absolute atomic E-state index is 12.9. The van der Waals surface area contributed by atoms with Crippen molar-refractivity contribution >= 4 is 29.1 Å². The van der Waals surface area contributed by atoms with Crippen LogP contribution in [0.15, 0.2) is 22.9 Å². The van der Waals surface area contributed by atoms with Gasteiger partial charge < -0.3 is 10.3 Å². The lowest BCUT2D eigenvalue weighted by atomic mass is 10.0. The fourth-order valence-electron chi connectivity index (χ4n) is 2.93. The fourth-order valence-corrected chi connectivity index (χ4v) is 3.04. The number of amides is 2. The van der Waals surface area contributed by atoms with Crippen LogP contribution in [-0.4, -0.2) is 36.8 Å². The van der Waals surface area contributed by atoms with E-state index in [1.165, 1.54) is 6.20 Å². The summed E-state index contributed by atoms with van der Waals surface area (Å²) in [4.78, 5) is 39.3. The van der Waals surface area contributed by atoms with Crippen molar-refractivity contribution in [1.29, 1.82) is 0 Å². The molecule has 0 saturated carbocycles. The van der Waals surface area contributed by atoms with E-state index in [0.717, 1.165) is 4.90 Å². The van der Waals surface area contributed by atoms with Crippen molar-refractivity contribution in [3.05, 3.63) is 51.7 Å². The quantitative estimate of drug-likeness (QED) is 0.680. The number of carbonyl (C=O) groups excluding carboxylic acids is 2. The predicted octanol–water partition coefficient (Wildman–Crippen LogP) is 2.18. The molecule has 4 rings (SSSR count). The Labute approximate surface area is 158 Å². The SMILES string of the molecule is Cc1noc(-c2nc(C)c3c(c2N)C(=O)N(Cc2ccc(Cl)cn2)C3=O)n1. The molecule has 0 fully saturated rings. The van der Waals surface area contributed by atoms with Gasteiger partial charge in [-0.2, -0.15) is 4.98 Å². The number of hydrogen-bond donors (Lipinski definition) is 1. The van der Waals surface area contributed by atoms with E-state index in [1.54, 1.807) is 26.0 Å². The number of nitrogens with two attached hydrogens (primary N) is 1. The highest BCUT2D eigenvalue weighted by molar-refractivity contribution is 6.30. The molecule has 0 radical (unpaired) electrons. The first kappa shape index (κ1) is 17.1. The lowest BCUT2D eigenvalue weighted by molar-refractivity contribution is 0.0640. The summed E-state index contributed by atoms with van der Waals surface area (Å²) in [7, 11) is 0. The molecular formula is C17H13ClN6O3. The summed E-state index contributed by atoms with van der Waals surface area (Å²) in [5.41, 5.74) is 7.50. The maximum atomic E-state index is 12.9. The van der Waals surface area contributed by atoms with E-state index >= 15 is 0 Å². The zero-order valence-corrected chi connectivity index (χ0v) is 15.1. The Balaban J connectivity index is 1.77. The number of carbonyl (C=O) groups is 2. The number of fused-ring (bicyclic) bond motifs is 1. The molecule has 2 N–H and O–H groups in total. The van der Waals surface area contributed by atoms with Crippen molar-refractivity contribution in [2.75, 3.05) is 5.73 Å². The van der Waals surface area contributed by atoms with Gasteiger partial charge in [0.2, 0.25) is 0 Å². The molecule has 4 heterocycles. The molecule has 0 spiro atoms. The Morgan fingerprint density at radius 3 is 2.52 bits per heavy atom. The van der Waals surface area contributed by atoms with Crippen molar-refractivity contribution in [1.82, 2.24) is 25.0 Å². The van der Waals surface area contributed by atoms with Crippen molar-refractivity contribution in [2.45, 2.75) is 20.4 Å². The molecule has 9 nitrogen and oxygen atoms in total. The van der Waals surface area contributed by atoms with E-state index in [2.05, 4.69) is 20.1 Å². The highest BCUT2D eigenvalue weighted by Gasteiger charge is 2.41. The molecule has 0 saturated heterocycles. The number of pyridine rings is 2. The Kier molecular flexibility index (Phi) is 3.88. The van der Waals surface area contributed by atoms with Crippen LogP contribution in [0, 0.1) is 13.8 Å². The highest BCUT2D eigenvalue weighted by atomic mass is 35.5. The molecule has 3 aromatic rings. The minimum absolute atomic E-state index is 0.00258. The van der Waals surface area contributed by atoms with Crippen molar-refractivity contribution < 1.29 is 14.1 Å². The van der Waals surface area contributed by atoms with Crippen LogP contribution in [0.25, 0.3) is 11.6 Å². The minimum atomic E-state index is -0.521. The number of aryl methyl sites for hydroxylation is 2. The smallest absolute Gasteiger partial charge is 0.278 e. The van der Waals surface area contributed by atoms with Gasteiger partial charge in [0.1, 0.15) is 0 Å². The number of nitrogen functional groups attached to an aromatic ring is 1. The van der Waals surface area contributed by atoms with Crippen LogP contribution in [0.2, 0.25) is 5.02 Å². The first-order valence-corrected chi connectivity index (χ1v) is 8.32. The van der Waals surface area contributed by atoms with Gasteiger partial charge >= 0.3 is 0 Å². The van der Waals surface area contributed by atoms with Crippen LogP contribution in [0.3, 0.4) is 0 Å². The molecule has 0 aliphatic carbocycles. The van der Waals surface area contributed by atoms with Crippen molar-refractivity contribution in [3.8, 4) is 11.6 Å². The third-order valence-corrected chi connectivity index (χ3v) is 4.40. The molecule has 1 aliphatic heterocycles. The van der Waals surface area contributed by atoms with Crippen LogP contribution in [0.4, 0.5) is 5.69 Å². The Morgan fingerprint density at radius 1 is 1.15 bits per heavy atom. The minimum Gasteiger partial charge on any atom is -0.396 e. The van der Waals surface area contributed by atoms with E-state index in [1.807, 2.05) is 0 Å². The van der Waals surface area contributed by atoms with Crippen LogP contribution >= 0.6 is 11.6 Å². The number of hydrogen-bond acceptors (Lipinski definition) is 8. The second kappa shape index (κ2) is 6.13. The number of nitrogens with zero attached hydrogens (tertiary/aromatic N) is 5. The summed E-state index contributed by atoms with van der Waals surface area (Å²) < 4.78 is 5.11. The summed E-state index contributed by atoms with van der Waals surface area (Å²) >= 11 is 5.82. The average molecular weight is 385 g/mol.